The molecule has 2 amide bonds. The molecule has 2 fully saturated rings. The van der Waals surface area contributed by atoms with Crippen LogP contribution in [0.15, 0.2) is 134 Å². The first-order chi connectivity index (χ1) is 32.3. The van der Waals surface area contributed by atoms with Crippen LogP contribution in [0.25, 0.3) is 21.8 Å². The first-order valence-electron chi connectivity index (χ1n) is 21.0. The fourth-order valence-corrected chi connectivity index (χ4v) is 8.10. The molecule has 18 heteroatoms. The number of rotatable bonds is 11. The van der Waals surface area contributed by atoms with E-state index in [2.05, 4.69) is 9.97 Å². The maximum atomic E-state index is 13.7. The number of hydrogen-bond donors (Lipinski definition) is 3. The third-order valence-electron chi connectivity index (χ3n) is 11.4. The number of benzene rings is 5. The van der Waals surface area contributed by atoms with E-state index in [9.17, 15) is 48.0 Å². The van der Waals surface area contributed by atoms with Gasteiger partial charge in [-0.1, -0.05) is 60.7 Å². The number of carbonyl (C=O) groups is 5. The summed E-state index contributed by atoms with van der Waals surface area (Å²) in [4.78, 5) is 83.6. The van der Waals surface area contributed by atoms with Crippen LogP contribution in [0.1, 0.15) is 55.0 Å². The highest BCUT2D eigenvalue weighted by Gasteiger charge is 2.44. The molecule has 2 aliphatic rings. The van der Waals surface area contributed by atoms with Gasteiger partial charge in [0.15, 0.2) is 11.6 Å². The molecular weight excluding hydrogens is 873 g/mol. The highest BCUT2D eigenvalue weighted by Crippen LogP contribution is 2.30. The van der Waals surface area contributed by atoms with Crippen LogP contribution in [0.3, 0.4) is 0 Å². The normalized spacial score (nSPS) is 17.7. The van der Waals surface area contributed by atoms with Crippen molar-refractivity contribution in [1.29, 1.82) is 0 Å². The molecule has 7 aromatic rings. The number of aromatic nitrogens is 2. The lowest BCUT2D eigenvalue weighted by Gasteiger charge is -2.22. The van der Waals surface area contributed by atoms with Crippen molar-refractivity contribution in [3.63, 3.8) is 0 Å². The molecule has 0 spiro atoms. The van der Waals surface area contributed by atoms with Crippen molar-refractivity contribution in [1.82, 2.24) is 19.8 Å². The number of aliphatic hydroxyl groups is 1. The highest BCUT2D eigenvalue weighted by molar-refractivity contribution is 6.12. The second kappa shape index (κ2) is 19.9. The molecule has 67 heavy (non-hydrogen) atoms. The third kappa shape index (κ3) is 10.3. The summed E-state index contributed by atoms with van der Waals surface area (Å²) < 4.78 is 43.4. The number of ketones is 2. The van der Waals surface area contributed by atoms with Gasteiger partial charge < -0.3 is 29.3 Å². The molecule has 16 nitrogen and oxygen atoms in total. The van der Waals surface area contributed by atoms with E-state index in [1.54, 1.807) is 24.3 Å². The summed E-state index contributed by atoms with van der Waals surface area (Å²) in [5, 5.41) is 22.0. The lowest BCUT2D eigenvalue weighted by atomic mass is 10.0. The van der Waals surface area contributed by atoms with Crippen molar-refractivity contribution in [3.8, 4) is 0 Å². The second-order valence-corrected chi connectivity index (χ2v) is 15.9. The smallest absolute Gasteiger partial charge is 0.410 e. The molecule has 2 aromatic heterocycles. The minimum atomic E-state index is -1.01. The number of ether oxygens (including phenoxy) is 3. The Morgan fingerprint density at radius 2 is 1.13 bits per heavy atom. The van der Waals surface area contributed by atoms with Crippen LogP contribution < -0.4 is 0 Å². The molecule has 3 N–H and O–H groups in total. The second-order valence-electron chi connectivity index (χ2n) is 15.9. The topological polar surface area (TPSA) is 214 Å². The van der Waals surface area contributed by atoms with E-state index in [-0.39, 0.29) is 61.7 Å². The van der Waals surface area contributed by atoms with Gasteiger partial charge in [-0.3, -0.25) is 29.5 Å². The van der Waals surface area contributed by atoms with Crippen LogP contribution in [-0.2, 0) is 27.4 Å². The molecule has 342 valence electrons. The number of hydrogen-bond acceptors (Lipinski definition) is 11. The van der Waals surface area contributed by atoms with E-state index in [1.807, 2.05) is 36.4 Å². The number of nitrogens with zero attached hydrogens (tertiary/aromatic N) is 3. The Bertz CT molecular complexity index is 2960. The number of β-amino-alcohol motifs (C(OH)–C–C–N with tert-alkyl or cyclic N) is 1. The zero-order chi connectivity index (χ0) is 47.2. The molecule has 0 radical (unpaired) electrons. The average molecular weight is 914 g/mol. The zero-order valence-corrected chi connectivity index (χ0v) is 35.4. The van der Waals surface area contributed by atoms with E-state index >= 15 is 0 Å². The monoisotopic (exact) mass is 913 g/mol. The Kier molecular flexibility index (Phi) is 13.4. The molecule has 0 bridgehead atoms. The number of likely N-dealkylation sites (tertiary alicyclic amines) is 2. The van der Waals surface area contributed by atoms with Gasteiger partial charge in [0.05, 0.1) is 29.7 Å². The summed E-state index contributed by atoms with van der Waals surface area (Å²) >= 11 is 0. The van der Waals surface area contributed by atoms with Gasteiger partial charge in [0.1, 0.15) is 43.0 Å². The largest absolute Gasteiger partial charge is 0.457 e. The van der Waals surface area contributed by atoms with Crippen molar-refractivity contribution in [2.75, 3.05) is 13.1 Å². The van der Waals surface area contributed by atoms with Crippen LogP contribution >= 0.6 is 0 Å². The number of non-ortho nitro benzene ring substituents is 1. The third-order valence-corrected chi connectivity index (χ3v) is 11.4. The fraction of sp³-hybridized carbons (Fsp3) is 0.204. The maximum Gasteiger partial charge on any atom is 0.410 e. The van der Waals surface area contributed by atoms with E-state index < -0.39 is 64.8 Å². The van der Waals surface area contributed by atoms with Gasteiger partial charge in [0.2, 0.25) is 0 Å². The molecule has 0 aliphatic carbocycles. The molecule has 9 rings (SSSR count). The van der Waals surface area contributed by atoms with E-state index in [0.717, 1.165) is 11.1 Å². The first-order valence-corrected chi connectivity index (χ1v) is 21.0. The summed E-state index contributed by atoms with van der Waals surface area (Å²) in [6.07, 6.45) is 0.0517. The molecular formula is C49H41F2N5O11. The Morgan fingerprint density at radius 3 is 1.63 bits per heavy atom. The number of fused-ring (bicyclic) bond motifs is 2. The SMILES string of the molecule is O=C(O[C@H]1C[C@@H](C(=O)c2c[nH]c3cc(F)ccc23)N(C(=O)OCc2ccccc2)C1)c1ccc([N+](=O)[O-])cc1.O=C(c1c[nH]c2cc(F)ccc12)[C@@H]1C[C@@H](O)CN1C(=O)OCc1ccccc1. The molecule has 0 unspecified atom stereocenters. The number of carbonyl (C=O) groups excluding carboxylic acids is 5. The van der Waals surface area contributed by atoms with Crippen molar-refractivity contribution in [2.24, 2.45) is 0 Å². The van der Waals surface area contributed by atoms with E-state index in [1.165, 1.54) is 82.9 Å². The molecule has 4 heterocycles. The van der Waals surface area contributed by atoms with Gasteiger partial charge in [0, 0.05) is 70.3 Å². The molecule has 2 aliphatic heterocycles. The fourth-order valence-electron chi connectivity index (χ4n) is 8.10. The standard InChI is InChI=1S/C28H22FN3O7.C21H19FN2O4/c29-19-8-11-22-23(14-30-24(22)12-19)26(33)25-13-21(39-27(34)18-6-9-20(10-7-18)32(36)37)15-31(25)28(35)38-16-17-4-2-1-3-5-17;22-14-6-7-16-17(10-23-18(16)8-14)20(26)19-9-15(25)11-24(19)21(27)28-12-13-4-2-1-3-5-13/h1-12,14,21,25,30H,13,15-16H2;1-8,10,15,19,23,25H,9,11-12H2/t21-,25-;15-,19+/m01/s1. The quantitative estimate of drug-likeness (QED) is 0.0369. The highest BCUT2D eigenvalue weighted by atomic mass is 19.1. The van der Waals surface area contributed by atoms with Crippen LogP contribution in [0.4, 0.5) is 24.1 Å². The van der Waals surface area contributed by atoms with E-state index in [0.29, 0.717) is 27.4 Å². The van der Waals surface area contributed by atoms with Crippen LogP contribution in [0.2, 0.25) is 0 Å². The lowest BCUT2D eigenvalue weighted by Crippen LogP contribution is -2.41. The number of aromatic amines is 2. The van der Waals surface area contributed by atoms with Crippen molar-refractivity contribution >= 4 is 57.2 Å². The van der Waals surface area contributed by atoms with Gasteiger partial charge >= 0.3 is 18.2 Å². The van der Waals surface area contributed by atoms with Crippen molar-refractivity contribution in [2.45, 2.75) is 50.3 Å². The maximum absolute atomic E-state index is 13.7. The van der Waals surface area contributed by atoms with Crippen LogP contribution in [0, 0.1) is 21.7 Å². The van der Waals surface area contributed by atoms with Crippen molar-refractivity contribution in [3.05, 3.63) is 183 Å². The summed E-state index contributed by atoms with van der Waals surface area (Å²) in [6.45, 7) is -0.00299. The van der Waals surface area contributed by atoms with Gasteiger partial charge in [-0.05, 0) is 59.7 Å². The minimum Gasteiger partial charge on any atom is -0.457 e. The molecule has 0 saturated carbocycles. The predicted molar refractivity (Wildman–Crippen MR) is 237 cm³/mol. The predicted octanol–water partition coefficient (Wildman–Crippen LogP) is 8.30. The van der Waals surface area contributed by atoms with Crippen LogP contribution in [-0.4, -0.2) is 96.9 Å². The van der Waals surface area contributed by atoms with Gasteiger partial charge in [0.25, 0.3) is 5.69 Å². The Labute approximate surface area is 379 Å². The number of Topliss-reactive ketones (excluding diaryl/α,β-unsaturated/α-hetero) is 2. The number of amides is 2. The Hall–Kier alpha value is -8.25. The van der Waals surface area contributed by atoms with Crippen LogP contribution in [0.5, 0.6) is 0 Å². The average Bonchev–Trinajstić information content (AvgIpc) is 4.15. The molecule has 4 atom stereocenters. The minimum absolute atomic E-state index is 0.00581. The van der Waals surface area contributed by atoms with Gasteiger partial charge in [-0.2, -0.15) is 0 Å². The van der Waals surface area contributed by atoms with Gasteiger partial charge in [-0.25, -0.2) is 23.2 Å². The number of nitro groups is 1. The summed E-state index contributed by atoms with van der Waals surface area (Å²) in [5.41, 5.74) is 3.05. The number of halogens is 2. The van der Waals surface area contributed by atoms with Crippen molar-refractivity contribution < 1.29 is 57.0 Å². The number of nitro benzene ring substituents is 1. The number of H-pyrrole nitrogens is 2. The summed E-state index contributed by atoms with van der Waals surface area (Å²) in [7, 11) is 0. The Morgan fingerprint density at radius 1 is 0.657 bits per heavy atom. The number of aliphatic hydroxyl groups excluding tert-OH is 1. The number of esters is 1. The zero-order valence-electron chi connectivity index (χ0n) is 35.4. The summed E-state index contributed by atoms with van der Waals surface area (Å²) in [5.74, 6) is -2.35. The van der Waals surface area contributed by atoms with E-state index in [4.69, 9.17) is 14.2 Å². The summed E-state index contributed by atoms with van der Waals surface area (Å²) in [6, 6.07) is 29.4. The molecule has 5 aromatic carbocycles. The molecule has 2 saturated heterocycles. The lowest BCUT2D eigenvalue weighted by molar-refractivity contribution is -0.384. The van der Waals surface area contributed by atoms with Gasteiger partial charge in [-0.15, -0.1) is 0 Å². The Balaban J connectivity index is 0.000000192. The number of nitrogens with one attached hydrogen (secondary N) is 2. The first kappa shape index (κ1) is 45.3.